The lowest BCUT2D eigenvalue weighted by atomic mass is 10.1. The average Bonchev–Trinajstić information content (AvgIpc) is 2.54. The fourth-order valence-electron chi connectivity index (χ4n) is 2.52. The van der Waals surface area contributed by atoms with Gasteiger partial charge in [-0.05, 0) is 32.6 Å². The van der Waals surface area contributed by atoms with Crippen LogP contribution >= 0.6 is 0 Å². The zero-order valence-electron chi connectivity index (χ0n) is 12.1. The SMILES string of the molecule is CC(CCCC(=O)O)NC(=O)NC1CCCCCC1O. The lowest BCUT2D eigenvalue weighted by Crippen LogP contribution is -2.49. The topological polar surface area (TPSA) is 98.7 Å². The fraction of sp³-hybridized carbons (Fsp3) is 0.857. The first-order valence-corrected chi connectivity index (χ1v) is 7.46. The van der Waals surface area contributed by atoms with Gasteiger partial charge >= 0.3 is 12.0 Å². The van der Waals surface area contributed by atoms with E-state index >= 15 is 0 Å². The van der Waals surface area contributed by atoms with Crippen LogP contribution in [0.3, 0.4) is 0 Å². The maximum Gasteiger partial charge on any atom is 0.315 e. The van der Waals surface area contributed by atoms with Gasteiger partial charge in [0.2, 0.25) is 0 Å². The number of carbonyl (C=O) groups excluding carboxylic acids is 1. The molecule has 6 heteroatoms. The van der Waals surface area contributed by atoms with Gasteiger partial charge in [-0.15, -0.1) is 0 Å². The highest BCUT2D eigenvalue weighted by Crippen LogP contribution is 2.17. The predicted octanol–water partition coefficient (Wildman–Crippen LogP) is 1.62. The summed E-state index contributed by atoms with van der Waals surface area (Å²) in [5.41, 5.74) is 0. The van der Waals surface area contributed by atoms with Crippen molar-refractivity contribution in [2.45, 2.75) is 76.5 Å². The minimum absolute atomic E-state index is 0.0720. The standard InChI is InChI=1S/C14H26N2O4/c1-10(6-5-9-13(18)19)15-14(20)16-11-7-3-2-4-8-12(11)17/h10-12,17H,2-9H2,1H3,(H,18,19)(H2,15,16,20). The van der Waals surface area contributed by atoms with Crippen LogP contribution in [0.1, 0.15) is 58.3 Å². The first-order chi connectivity index (χ1) is 9.49. The summed E-state index contributed by atoms with van der Waals surface area (Å²) < 4.78 is 0. The van der Waals surface area contributed by atoms with Gasteiger partial charge in [-0.3, -0.25) is 4.79 Å². The van der Waals surface area contributed by atoms with Crippen molar-refractivity contribution in [3.63, 3.8) is 0 Å². The third kappa shape index (κ3) is 6.75. The molecule has 1 aliphatic carbocycles. The lowest BCUT2D eigenvalue weighted by Gasteiger charge is -2.23. The van der Waals surface area contributed by atoms with E-state index in [1.165, 1.54) is 0 Å². The molecule has 0 aromatic heterocycles. The third-order valence-electron chi connectivity index (χ3n) is 3.70. The molecule has 20 heavy (non-hydrogen) atoms. The number of carbonyl (C=O) groups is 2. The molecule has 1 saturated carbocycles. The van der Waals surface area contributed by atoms with Crippen LogP contribution < -0.4 is 10.6 Å². The number of carboxylic acids is 1. The van der Waals surface area contributed by atoms with Crippen LogP contribution in [0.5, 0.6) is 0 Å². The second kappa shape index (κ2) is 8.79. The Kier molecular flexibility index (Phi) is 7.36. The van der Waals surface area contributed by atoms with E-state index in [0.29, 0.717) is 12.8 Å². The maximum atomic E-state index is 11.8. The molecule has 0 bridgehead atoms. The molecular formula is C14H26N2O4. The molecule has 0 saturated heterocycles. The summed E-state index contributed by atoms with van der Waals surface area (Å²) >= 11 is 0. The monoisotopic (exact) mass is 286 g/mol. The molecule has 4 N–H and O–H groups in total. The van der Waals surface area contributed by atoms with Gasteiger partial charge in [0.15, 0.2) is 0 Å². The summed E-state index contributed by atoms with van der Waals surface area (Å²) in [7, 11) is 0. The van der Waals surface area contributed by atoms with Crippen molar-refractivity contribution < 1.29 is 19.8 Å². The normalized spacial score (nSPS) is 24.5. The smallest absolute Gasteiger partial charge is 0.315 e. The fourth-order valence-corrected chi connectivity index (χ4v) is 2.52. The number of urea groups is 1. The van der Waals surface area contributed by atoms with Crippen molar-refractivity contribution in [1.29, 1.82) is 0 Å². The van der Waals surface area contributed by atoms with Crippen LogP contribution in [0.4, 0.5) is 4.79 Å². The van der Waals surface area contributed by atoms with Crippen molar-refractivity contribution in [3.05, 3.63) is 0 Å². The highest BCUT2D eigenvalue weighted by Gasteiger charge is 2.23. The molecule has 116 valence electrons. The number of aliphatic hydroxyl groups excluding tert-OH is 1. The van der Waals surface area contributed by atoms with Crippen LogP contribution in [0, 0.1) is 0 Å². The molecule has 0 aromatic rings. The Morgan fingerprint density at radius 1 is 1.25 bits per heavy atom. The van der Waals surface area contributed by atoms with E-state index in [4.69, 9.17) is 5.11 Å². The molecule has 1 rings (SSSR count). The summed E-state index contributed by atoms with van der Waals surface area (Å²) in [5, 5.41) is 24.1. The summed E-state index contributed by atoms with van der Waals surface area (Å²) in [6.07, 6.45) is 5.50. The van der Waals surface area contributed by atoms with Crippen molar-refractivity contribution in [2.24, 2.45) is 0 Å². The Balaban J connectivity index is 2.25. The van der Waals surface area contributed by atoms with Crippen LogP contribution in [-0.4, -0.2) is 40.4 Å². The first kappa shape index (κ1) is 16.8. The number of hydrogen-bond donors (Lipinski definition) is 4. The number of aliphatic carboxylic acids is 1. The highest BCUT2D eigenvalue weighted by molar-refractivity contribution is 5.74. The minimum Gasteiger partial charge on any atom is -0.481 e. The second-order valence-electron chi connectivity index (χ2n) is 5.62. The number of rotatable bonds is 6. The van der Waals surface area contributed by atoms with Gasteiger partial charge in [-0.1, -0.05) is 19.3 Å². The van der Waals surface area contributed by atoms with Crippen LogP contribution in [-0.2, 0) is 4.79 Å². The van der Waals surface area contributed by atoms with E-state index in [1.807, 2.05) is 6.92 Å². The molecule has 0 heterocycles. The van der Waals surface area contributed by atoms with E-state index in [-0.39, 0.29) is 24.5 Å². The summed E-state index contributed by atoms with van der Waals surface area (Å²) in [5.74, 6) is -0.816. The Morgan fingerprint density at radius 3 is 2.65 bits per heavy atom. The predicted molar refractivity (Wildman–Crippen MR) is 75.5 cm³/mol. The number of hydrogen-bond acceptors (Lipinski definition) is 3. The molecule has 0 aromatic carbocycles. The Labute approximate surface area is 119 Å². The van der Waals surface area contributed by atoms with Crippen LogP contribution in [0.2, 0.25) is 0 Å². The van der Waals surface area contributed by atoms with E-state index in [2.05, 4.69) is 10.6 Å². The van der Waals surface area contributed by atoms with Gasteiger partial charge in [0.05, 0.1) is 12.1 Å². The first-order valence-electron chi connectivity index (χ1n) is 7.46. The van der Waals surface area contributed by atoms with E-state index in [9.17, 15) is 14.7 Å². The number of nitrogens with one attached hydrogen (secondary N) is 2. The largest absolute Gasteiger partial charge is 0.481 e. The molecule has 6 nitrogen and oxygen atoms in total. The van der Waals surface area contributed by atoms with Gasteiger partial charge in [-0.25, -0.2) is 4.79 Å². The maximum absolute atomic E-state index is 11.8. The molecule has 0 radical (unpaired) electrons. The van der Waals surface area contributed by atoms with Crippen LogP contribution in [0.25, 0.3) is 0 Å². The van der Waals surface area contributed by atoms with Crippen LogP contribution in [0.15, 0.2) is 0 Å². The summed E-state index contributed by atoms with van der Waals surface area (Å²) in [4.78, 5) is 22.2. The number of carboxylic acid groups (broad SMARTS) is 1. The Hall–Kier alpha value is -1.30. The molecule has 1 fully saturated rings. The zero-order valence-corrected chi connectivity index (χ0v) is 12.1. The zero-order chi connectivity index (χ0) is 15.0. The molecular weight excluding hydrogens is 260 g/mol. The highest BCUT2D eigenvalue weighted by atomic mass is 16.4. The number of amides is 2. The van der Waals surface area contributed by atoms with Gasteiger partial charge in [0.25, 0.3) is 0 Å². The van der Waals surface area contributed by atoms with Crippen molar-refractivity contribution in [3.8, 4) is 0 Å². The quantitative estimate of drug-likeness (QED) is 0.558. The summed E-state index contributed by atoms with van der Waals surface area (Å²) in [6.45, 7) is 1.85. The molecule has 1 aliphatic rings. The summed E-state index contributed by atoms with van der Waals surface area (Å²) in [6, 6.07) is -0.528. The minimum atomic E-state index is -0.816. The number of aliphatic hydroxyl groups is 1. The van der Waals surface area contributed by atoms with E-state index in [1.54, 1.807) is 0 Å². The Bertz CT molecular complexity index is 322. The average molecular weight is 286 g/mol. The molecule has 3 unspecified atom stereocenters. The van der Waals surface area contributed by atoms with Gasteiger partial charge < -0.3 is 20.8 Å². The van der Waals surface area contributed by atoms with Gasteiger partial charge in [0.1, 0.15) is 0 Å². The van der Waals surface area contributed by atoms with Crippen molar-refractivity contribution >= 4 is 12.0 Å². The molecule has 0 spiro atoms. The van der Waals surface area contributed by atoms with Gasteiger partial charge in [0, 0.05) is 12.5 Å². The third-order valence-corrected chi connectivity index (χ3v) is 3.70. The molecule has 3 atom stereocenters. The van der Waals surface area contributed by atoms with Gasteiger partial charge in [-0.2, -0.15) is 0 Å². The Morgan fingerprint density at radius 2 is 1.95 bits per heavy atom. The molecule has 2 amide bonds. The lowest BCUT2D eigenvalue weighted by molar-refractivity contribution is -0.137. The molecule has 0 aliphatic heterocycles. The van der Waals surface area contributed by atoms with Crippen molar-refractivity contribution in [2.75, 3.05) is 0 Å². The second-order valence-corrected chi connectivity index (χ2v) is 5.62. The van der Waals surface area contributed by atoms with E-state index in [0.717, 1.165) is 32.1 Å². The van der Waals surface area contributed by atoms with Crippen molar-refractivity contribution in [1.82, 2.24) is 10.6 Å². The van der Waals surface area contributed by atoms with E-state index < -0.39 is 12.1 Å².